The van der Waals surface area contributed by atoms with Crippen LogP contribution in [0, 0.1) is 0 Å². The molecule has 0 aliphatic heterocycles. The first kappa shape index (κ1) is 21.7. The van der Waals surface area contributed by atoms with E-state index in [0.717, 1.165) is 42.3 Å². The zero-order valence-electron chi connectivity index (χ0n) is 15.9. The van der Waals surface area contributed by atoms with Crippen molar-refractivity contribution in [2.45, 2.75) is 42.7 Å². The van der Waals surface area contributed by atoms with Gasteiger partial charge in [-0.3, -0.25) is 4.98 Å². The predicted octanol–water partition coefficient (Wildman–Crippen LogP) is 5.90. The minimum Gasteiger partial charge on any atom is -0.382 e. The summed E-state index contributed by atoms with van der Waals surface area (Å²) in [6.45, 7) is 0. The zero-order valence-corrected chi connectivity index (χ0v) is 19.0. The van der Waals surface area contributed by atoms with Gasteiger partial charge >= 0.3 is 0 Å². The van der Waals surface area contributed by atoms with Gasteiger partial charge in [0.05, 0.1) is 15.6 Å². The molecule has 2 N–H and O–H groups in total. The van der Waals surface area contributed by atoms with Crippen LogP contribution in [-0.2, 0) is 10.0 Å². The molecular weight excluding hydrogens is 465 g/mol. The van der Waals surface area contributed by atoms with Crippen molar-refractivity contribution in [3.05, 3.63) is 63.7 Å². The number of sulfonamides is 1. The molecular formula is C21H20Cl3N3O2S. The maximum atomic E-state index is 12.7. The van der Waals surface area contributed by atoms with E-state index in [-0.39, 0.29) is 27.0 Å². The van der Waals surface area contributed by atoms with Gasteiger partial charge in [0.1, 0.15) is 4.90 Å². The maximum absolute atomic E-state index is 12.7. The molecule has 0 radical (unpaired) electrons. The van der Waals surface area contributed by atoms with Gasteiger partial charge in [0.15, 0.2) is 0 Å². The summed E-state index contributed by atoms with van der Waals surface area (Å²) in [6, 6.07) is 12.3. The van der Waals surface area contributed by atoms with Crippen LogP contribution in [0.1, 0.15) is 25.7 Å². The van der Waals surface area contributed by atoms with Crippen LogP contribution in [0.15, 0.2) is 53.6 Å². The smallest absolute Gasteiger partial charge is 0.242 e. The highest BCUT2D eigenvalue weighted by atomic mass is 35.5. The lowest BCUT2D eigenvalue weighted by atomic mass is 9.91. The molecule has 0 saturated heterocycles. The molecule has 1 saturated carbocycles. The monoisotopic (exact) mass is 483 g/mol. The predicted molar refractivity (Wildman–Crippen MR) is 123 cm³/mol. The van der Waals surface area contributed by atoms with Crippen LogP contribution in [0.3, 0.4) is 0 Å². The van der Waals surface area contributed by atoms with Crippen molar-refractivity contribution in [2.75, 3.05) is 5.32 Å². The van der Waals surface area contributed by atoms with E-state index in [2.05, 4.69) is 15.0 Å². The van der Waals surface area contributed by atoms with Gasteiger partial charge in [-0.15, -0.1) is 0 Å². The van der Waals surface area contributed by atoms with E-state index in [0.29, 0.717) is 5.02 Å². The number of halogens is 3. The molecule has 9 heteroatoms. The SMILES string of the molecule is O=S(=O)(NC1CCC(Nc2ccnc3cc(Cl)ccc23)CC1)c1cccc(Cl)c1Cl. The van der Waals surface area contributed by atoms with Crippen molar-refractivity contribution in [3.8, 4) is 0 Å². The van der Waals surface area contributed by atoms with Crippen molar-refractivity contribution in [3.63, 3.8) is 0 Å². The molecule has 1 aliphatic rings. The Bertz CT molecular complexity index is 1180. The highest BCUT2D eigenvalue weighted by Crippen LogP contribution is 2.31. The molecule has 0 bridgehead atoms. The summed E-state index contributed by atoms with van der Waals surface area (Å²) in [5, 5.41) is 5.51. The Morgan fingerprint density at radius 1 is 0.933 bits per heavy atom. The first-order valence-corrected chi connectivity index (χ1v) is 12.2. The van der Waals surface area contributed by atoms with E-state index in [1.165, 1.54) is 6.07 Å². The van der Waals surface area contributed by atoms with Crippen LogP contribution in [0.5, 0.6) is 0 Å². The van der Waals surface area contributed by atoms with Crippen molar-refractivity contribution in [1.82, 2.24) is 9.71 Å². The Morgan fingerprint density at radius 2 is 1.67 bits per heavy atom. The normalized spacial score (nSPS) is 19.7. The first-order chi connectivity index (χ1) is 14.3. The molecule has 1 heterocycles. The number of pyridine rings is 1. The molecule has 1 fully saturated rings. The third-order valence-electron chi connectivity index (χ3n) is 5.32. The Balaban J connectivity index is 1.40. The third-order valence-corrected chi connectivity index (χ3v) is 8.05. The summed E-state index contributed by atoms with van der Waals surface area (Å²) in [7, 11) is -3.73. The van der Waals surface area contributed by atoms with Crippen molar-refractivity contribution >= 4 is 61.4 Å². The van der Waals surface area contributed by atoms with E-state index in [1.54, 1.807) is 18.3 Å². The fraction of sp³-hybridized carbons (Fsp3) is 0.286. The number of anilines is 1. The number of fused-ring (bicyclic) bond motifs is 1. The second-order valence-electron chi connectivity index (χ2n) is 7.39. The Labute approximate surface area is 190 Å². The van der Waals surface area contributed by atoms with Crippen LogP contribution in [0.25, 0.3) is 10.9 Å². The van der Waals surface area contributed by atoms with E-state index in [4.69, 9.17) is 34.8 Å². The number of hydrogen-bond donors (Lipinski definition) is 2. The standard InChI is InChI=1S/C21H20Cl3N3O2S/c22-13-4-9-16-18(10-11-25-19(16)12-13)26-14-5-7-15(8-6-14)27-30(28,29)20-3-1-2-17(23)21(20)24/h1-4,9-12,14-15,27H,5-8H2,(H,25,26). The minimum atomic E-state index is -3.73. The van der Waals surface area contributed by atoms with Crippen LogP contribution in [0.2, 0.25) is 15.1 Å². The molecule has 5 nitrogen and oxygen atoms in total. The number of nitrogens with zero attached hydrogens (tertiary/aromatic N) is 1. The van der Waals surface area contributed by atoms with Crippen molar-refractivity contribution in [2.24, 2.45) is 0 Å². The molecule has 0 unspecified atom stereocenters. The highest BCUT2D eigenvalue weighted by Gasteiger charge is 2.27. The fourth-order valence-corrected chi connectivity index (χ4v) is 6.03. The Hall–Kier alpha value is -1.57. The number of aromatic nitrogens is 1. The van der Waals surface area contributed by atoms with E-state index >= 15 is 0 Å². The minimum absolute atomic E-state index is 0.0128. The van der Waals surface area contributed by atoms with Gasteiger partial charge in [0, 0.05) is 34.4 Å². The molecule has 0 amide bonds. The van der Waals surface area contributed by atoms with Crippen LogP contribution >= 0.6 is 34.8 Å². The molecule has 3 aromatic rings. The van der Waals surface area contributed by atoms with Crippen molar-refractivity contribution in [1.29, 1.82) is 0 Å². The van der Waals surface area contributed by atoms with E-state index < -0.39 is 10.0 Å². The third kappa shape index (κ3) is 4.68. The molecule has 1 aromatic heterocycles. The summed E-state index contributed by atoms with van der Waals surface area (Å²) in [6.07, 6.45) is 4.89. The highest BCUT2D eigenvalue weighted by molar-refractivity contribution is 7.89. The van der Waals surface area contributed by atoms with E-state index in [9.17, 15) is 8.42 Å². The summed E-state index contributed by atoms with van der Waals surface area (Å²) in [4.78, 5) is 4.38. The van der Waals surface area contributed by atoms with Gasteiger partial charge in [-0.1, -0.05) is 40.9 Å². The quantitative estimate of drug-likeness (QED) is 0.473. The Kier molecular flexibility index (Phi) is 6.42. The van der Waals surface area contributed by atoms with Crippen molar-refractivity contribution < 1.29 is 8.42 Å². The van der Waals surface area contributed by atoms with Crippen LogP contribution in [0.4, 0.5) is 5.69 Å². The maximum Gasteiger partial charge on any atom is 0.242 e. The number of rotatable bonds is 5. The van der Waals surface area contributed by atoms with Crippen LogP contribution in [-0.4, -0.2) is 25.5 Å². The topological polar surface area (TPSA) is 71.1 Å². The number of hydrogen-bond acceptors (Lipinski definition) is 4. The molecule has 30 heavy (non-hydrogen) atoms. The lowest BCUT2D eigenvalue weighted by Gasteiger charge is -2.30. The van der Waals surface area contributed by atoms with Gasteiger partial charge in [-0.25, -0.2) is 13.1 Å². The van der Waals surface area contributed by atoms with Crippen LogP contribution < -0.4 is 10.0 Å². The lowest BCUT2D eigenvalue weighted by molar-refractivity contribution is 0.387. The Morgan fingerprint density at radius 3 is 2.43 bits per heavy atom. The number of nitrogens with one attached hydrogen (secondary N) is 2. The lowest BCUT2D eigenvalue weighted by Crippen LogP contribution is -2.40. The average Bonchev–Trinajstić information content (AvgIpc) is 2.71. The molecule has 0 spiro atoms. The van der Waals surface area contributed by atoms with Gasteiger partial charge < -0.3 is 5.32 Å². The van der Waals surface area contributed by atoms with Gasteiger partial charge in [-0.2, -0.15) is 0 Å². The zero-order chi connectivity index (χ0) is 21.3. The number of benzene rings is 2. The summed E-state index contributed by atoms with van der Waals surface area (Å²) in [5.74, 6) is 0. The summed E-state index contributed by atoms with van der Waals surface area (Å²) in [5.41, 5.74) is 1.85. The molecule has 2 aromatic carbocycles. The average molecular weight is 485 g/mol. The summed E-state index contributed by atoms with van der Waals surface area (Å²) >= 11 is 18.1. The molecule has 4 rings (SSSR count). The molecule has 158 valence electrons. The van der Waals surface area contributed by atoms with Gasteiger partial charge in [0.25, 0.3) is 0 Å². The molecule has 1 aliphatic carbocycles. The van der Waals surface area contributed by atoms with Gasteiger partial charge in [-0.05, 0) is 62.1 Å². The van der Waals surface area contributed by atoms with Gasteiger partial charge in [0.2, 0.25) is 10.0 Å². The fourth-order valence-electron chi connectivity index (χ4n) is 3.80. The first-order valence-electron chi connectivity index (χ1n) is 9.60. The second kappa shape index (κ2) is 8.89. The summed E-state index contributed by atoms with van der Waals surface area (Å²) < 4.78 is 28.2. The van der Waals surface area contributed by atoms with E-state index in [1.807, 2.05) is 24.3 Å². The largest absolute Gasteiger partial charge is 0.382 e. The molecule has 0 atom stereocenters. The second-order valence-corrected chi connectivity index (χ2v) is 10.3.